The van der Waals surface area contributed by atoms with Crippen LogP contribution in [0.3, 0.4) is 0 Å². The van der Waals surface area contributed by atoms with Crippen molar-refractivity contribution in [2.45, 2.75) is 64.0 Å². The van der Waals surface area contributed by atoms with Crippen LogP contribution < -0.4 is 10.1 Å². The molecule has 2 saturated carbocycles. The Bertz CT molecular complexity index is 814. The van der Waals surface area contributed by atoms with Gasteiger partial charge in [0, 0.05) is 36.8 Å². The maximum absolute atomic E-state index is 12.9. The summed E-state index contributed by atoms with van der Waals surface area (Å²) in [4.78, 5) is 17.1. The van der Waals surface area contributed by atoms with Crippen LogP contribution in [-0.4, -0.2) is 28.6 Å². The summed E-state index contributed by atoms with van der Waals surface area (Å²) in [5.41, 5.74) is 1.33. The highest BCUT2D eigenvalue weighted by Crippen LogP contribution is 2.54. The van der Waals surface area contributed by atoms with Crippen LogP contribution in [-0.2, 0) is 4.79 Å². The first-order valence-corrected chi connectivity index (χ1v) is 10.5. The standard InChI is InChI=1S/C23H31N3O2/c1-15(26-13-12-24-16(26)2)14-21(27)25-23-20-7-5-4-6-19(20)22(23)17-8-10-18(28-3)11-9-17/h8-13,15,19-20,22-23H,4-7,14H2,1-3H3,(H,25,27)/t15-,19-,20-,22+,23+/m1/s1. The van der Waals surface area contributed by atoms with Crippen LogP contribution in [0.5, 0.6) is 5.75 Å². The number of nitrogens with zero attached hydrogens (tertiary/aromatic N) is 2. The van der Waals surface area contributed by atoms with Gasteiger partial charge in [-0.05, 0) is 56.2 Å². The number of hydrogen-bond acceptors (Lipinski definition) is 3. The van der Waals surface area contributed by atoms with Crippen molar-refractivity contribution in [2.75, 3.05) is 7.11 Å². The second-order valence-corrected chi connectivity index (χ2v) is 8.44. The number of hydrogen-bond donors (Lipinski definition) is 1. The van der Waals surface area contributed by atoms with Gasteiger partial charge < -0.3 is 14.6 Å². The minimum atomic E-state index is 0.115. The third kappa shape index (κ3) is 3.54. The zero-order valence-corrected chi connectivity index (χ0v) is 17.1. The molecular weight excluding hydrogens is 350 g/mol. The van der Waals surface area contributed by atoms with Gasteiger partial charge in [0.05, 0.1) is 7.11 Å². The molecule has 0 unspecified atom stereocenters. The Hall–Kier alpha value is -2.30. The van der Waals surface area contributed by atoms with Crippen LogP contribution in [0.15, 0.2) is 36.7 Å². The quantitative estimate of drug-likeness (QED) is 0.814. The van der Waals surface area contributed by atoms with E-state index < -0.39 is 0 Å². The molecule has 150 valence electrons. The lowest BCUT2D eigenvalue weighted by Gasteiger charge is -2.55. The van der Waals surface area contributed by atoms with E-state index in [1.54, 1.807) is 13.3 Å². The lowest BCUT2D eigenvalue weighted by molar-refractivity contribution is -0.125. The molecule has 4 rings (SSSR count). The van der Waals surface area contributed by atoms with Gasteiger partial charge in [0.1, 0.15) is 11.6 Å². The first-order valence-electron chi connectivity index (χ1n) is 10.5. The number of benzene rings is 1. The molecule has 1 aromatic heterocycles. The molecule has 2 aliphatic carbocycles. The maximum Gasteiger partial charge on any atom is 0.222 e. The number of carbonyl (C=O) groups excluding carboxylic acids is 1. The van der Waals surface area contributed by atoms with E-state index in [9.17, 15) is 4.79 Å². The summed E-state index contributed by atoms with van der Waals surface area (Å²) in [5.74, 6) is 3.72. The highest BCUT2D eigenvalue weighted by molar-refractivity contribution is 5.77. The predicted molar refractivity (Wildman–Crippen MR) is 109 cm³/mol. The predicted octanol–water partition coefficient (Wildman–Crippen LogP) is 4.24. The molecule has 5 heteroatoms. The molecule has 1 amide bonds. The molecule has 5 nitrogen and oxygen atoms in total. The molecule has 1 N–H and O–H groups in total. The average Bonchev–Trinajstić information content (AvgIpc) is 3.13. The number of carbonyl (C=O) groups is 1. The Kier molecular flexibility index (Phi) is 5.42. The molecule has 5 atom stereocenters. The molecule has 2 aliphatic rings. The summed E-state index contributed by atoms with van der Waals surface area (Å²) in [6.45, 7) is 4.06. The van der Waals surface area contributed by atoms with Gasteiger partial charge in [-0.3, -0.25) is 4.79 Å². The number of aryl methyl sites for hydroxylation is 1. The van der Waals surface area contributed by atoms with Gasteiger partial charge in [0.25, 0.3) is 0 Å². The van der Waals surface area contributed by atoms with Crippen LogP contribution in [0, 0.1) is 18.8 Å². The third-order valence-corrected chi connectivity index (χ3v) is 6.83. The van der Waals surface area contributed by atoms with E-state index in [0.717, 1.165) is 11.6 Å². The molecule has 0 saturated heterocycles. The van der Waals surface area contributed by atoms with Gasteiger partial charge in [-0.1, -0.05) is 25.0 Å². The van der Waals surface area contributed by atoms with Gasteiger partial charge in [-0.2, -0.15) is 0 Å². The van der Waals surface area contributed by atoms with Crippen molar-refractivity contribution >= 4 is 5.91 Å². The average molecular weight is 382 g/mol. The summed E-state index contributed by atoms with van der Waals surface area (Å²) in [7, 11) is 1.70. The smallest absolute Gasteiger partial charge is 0.222 e. The van der Waals surface area contributed by atoms with Gasteiger partial charge in [-0.25, -0.2) is 4.98 Å². The van der Waals surface area contributed by atoms with Crippen molar-refractivity contribution in [1.29, 1.82) is 0 Å². The number of fused-ring (bicyclic) bond motifs is 1. The van der Waals surface area contributed by atoms with Crippen molar-refractivity contribution in [3.63, 3.8) is 0 Å². The van der Waals surface area contributed by atoms with E-state index in [0.29, 0.717) is 24.2 Å². The van der Waals surface area contributed by atoms with Gasteiger partial charge in [0.15, 0.2) is 0 Å². The molecule has 0 aliphatic heterocycles. The zero-order chi connectivity index (χ0) is 19.7. The van der Waals surface area contributed by atoms with Gasteiger partial charge in [0.2, 0.25) is 5.91 Å². The van der Waals surface area contributed by atoms with E-state index >= 15 is 0 Å². The molecule has 1 heterocycles. The van der Waals surface area contributed by atoms with E-state index in [4.69, 9.17) is 4.74 Å². The van der Waals surface area contributed by atoms with Crippen molar-refractivity contribution < 1.29 is 9.53 Å². The topological polar surface area (TPSA) is 56.1 Å². The first-order chi connectivity index (χ1) is 13.6. The maximum atomic E-state index is 12.9. The number of rotatable bonds is 6. The fourth-order valence-electron chi connectivity index (χ4n) is 5.41. The SMILES string of the molecule is COc1ccc([C@H]2[C@@H]3CCCC[C@H]3[C@@H]2NC(=O)C[C@@H](C)n2ccnc2C)cc1. The Balaban J connectivity index is 1.46. The third-order valence-electron chi connectivity index (χ3n) is 6.83. The number of aromatic nitrogens is 2. The minimum Gasteiger partial charge on any atom is -0.497 e. The summed E-state index contributed by atoms with van der Waals surface area (Å²) < 4.78 is 7.38. The van der Waals surface area contributed by atoms with Crippen molar-refractivity contribution in [1.82, 2.24) is 14.9 Å². The number of amides is 1. The zero-order valence-electron chi connectivity index (χ0n) is 17.1. The van der Waals surface area contributed by atoms with Crippen LogP contribution in [0.4, 0.5) is 0 Å². The summed E-state index contributed by atoms with van der Waals surface area (Å²) in [5, 5.41) is 3.40. The van der Waals surface area contributed by atoms with Crippen LogP contribution in [0.25, 0.3) is 0 Å². The number of imidazole rings is 1. The van der Waals surface area contributed by atoms with Gasteiger partial charge >= 0.3 is 0 Å². The number of nitrogens with one attached hydrogen (secondary N) is 1. The fraction of sp³-hybridized carbons (Fsp3) is 0.565. The minimum absolute atomic E-state index is 0.115. The Morgan fingerprint density at radius 2 is 1.96 bits per heavy atom. The normalized spacial score (nSPS) is 27.4. The Labute approximate surface area is 167 Å². The lowest BCUT2D eigenvalue weighted by Crippen LogP contribution is -2.59. The summed E-state index contributed by atoms with van der Waals surface area (Å²) in [6.07, 6.45) is 9.34. The molecule has 0 bridgehead atoms. The van der Waals surface area contributed by atoms with E-state index in [1.807, 2.05) is 25.3 Å². The van der Waals surface area contributed by atoms with Crippen molar-refractivity contribution in [2.24, 2.45) is 11.8 Å². The van der Waals surface area contributed by atoms with Crippen molar-refractivity contribution in [3.8, 4) is 5.75 Å². The molecule has 0 radical (unpaired) electrons. The molecule has 2 fully saturated rings. The number of methoxy groups -OCH3 is 1. The Morgan fingerprint density at radius 3 is 2.61 bits per heavy atom. The largest absolute Gasteiger partial charge is 0.497 e. The molecular formula is C23H31N3O2. The van der Waals surface area contributed by atoms with Crippen LogP contribution in [0.2, 0.25) is 0 Å². The fourth-order valence-corrected chi connectivity index (χ4v) is 5.41. The number of ether oxygens (including phenoxy) is 1. The molecule has 1 aromatic carbocycles. The second-order valence-electron chi connectivity index (χ2n) is 8.44. The second kappa shape index (κ2) is 7.98. The first kappa shape index (κ1) is 19.0. The lowest BCUT2D eigenvalue weighted by atomic mass is 9.53. The van der Waals surface area contributed by atoms with E-state index in [-0.39, 0.29) is 18.0 Å². The summed E-state index contributed by atoms with van der Waals surface area (Å²) in [6, 6.07) is 8.78. The molecule has 28 heavy (non-hydrogen) atoms. The van der Waals surface area contributed by atoms with E-state index in [2.05, 4.69) is 33.9 Å². The van der Waals surface area contributed by atoms with Crippen molar-refractivity contribution in [3.05, 3.63) is 48.0 Å². The highest BCUT2D eigenvalue weighted by atomic mass is 16.5. The van der Waals surface area contributed by atoms with Crippen LogP contribution in [0.1, 0.15) is 62.4 Å². The molecule has 2 aromatic rings. The van der Waals surface area contributed by atoms with Crippen LogP contribution >= 0.6 is 0 Å². The highest BCUT2D eigenvalue weighted by Gasteiger charge is 2.51. The summed E-state index contributed by atoms with van der Waals surface area (Å²) >= 11 is 0. The van der Waals surface area contributed by atoms with Gasteiger partial charge in [-0.15, -0.1) is 0 Å². The molecule has 0 spiro atoms. The monoisotopic (exact) mass is 381 g/mol. The Morgan fingerprint density at radius 1 is 1.25 bits per heavy atom. The van der Waals surface area contributed by atoms with E-state index in [1.165, 1.54) is 31.2 Å².